The Bertz CT molecular complexity index is 574. The monoisotopic (exact) mass is 262 g/mol. The van der Waals surface area contributed by atoms with Gasteiger partial charge < -0.3 is 10.6 Å². The van der Waals surface area contributed by atoms with Gasteiger partial charge >= 0.3 is 0 Å². The normalized spacial score (nSPS) is 11.1. The summed E-state index contributed by atoms with van der Waals surface area (Å²) < 4.78 is 1.10. The van der Waals surface area contributed by atoms with Crippen molar-refractivity contribution in [3.63, 3.8) is 0 Å². The van der Waals surface area contributed by atoms with Crippen LogP contribution in [0.25, 0.3) is 10.1 Å². The molecule has 1 heterocycles. The molecule has 18 heavy (non-hydrogen) atoms. The summed E-state index contributed by atoms with van der Waals surface area (Å²) in [6, 6.07) is 7.67. The lowest BCUT2D eigenvalue weighted by atomic mass is 10.2. The van der Waals surface area contributed by atoms with Crippen molar-refractivity contribution in [2.24, 2.45) is 5.92 Å². The van der Waals surface area contributed by atoms with Gasteiger partial charge in [-0.1, -0.05) is 13.8 Å². The highest BCUT2D eigenvalue weighted by molar-refractivity contribution is 7.20. The first-order valence-electron chi connectivity index (χ1n) is 6.02. The SMILES string of the molecule is CC(C)CN(C)C(=O)c1cc2cc(N)ccc2s1. The van der Waals surface area contributed by atoms with Crippen LogP contribution in [-0.2, 0) is 0 Å². The van der Waals surface area contributed by atoms with Crippen molar-refractivity contribution in [3.05, 3.63) is 29.1 Å². The van der Waals surface area contributed by atoms with E-state index in [2.05, 4.69) is 13.8 Å². The van der Waals surface area contributed by atoms with E-state index >= 15 is 0 Å². The van der Waals surface area contributed by atoms with Gasteiger partial charge in [0.05, 0.1) is 4.88 Å². The third-order valence-corrected chi connectivity index (χ3v) is 3.84. The second-order valence-electron chi connectivity index (χ2n) is 4.99. The number of hydrogen-bond acceptors (Lipinski definition) is 3. The van der Waals surface area contributed by atoms with Crippen LogP contribution in [0.15, 0.2) is 24.3 Å². The zero-order valence-corrected chi connectivity index (χ0v) is 11.8. The van der Waals surface area contributed by atoms with E-state index in [1.165, 1.54) is 11.3 Å². The predicted molar refractivity (Wildman–Crippen MR) is 78.0 cm³/mol. The first-order chi connectivity index (χ1) is 8.47. The number of carbonyl (C=O) groups is 1. The summed E-state index contributed by atoms with van der Waals surface area (Å²) in [5, 5.41) is 1.04. The van der Waals surface area contributed by atoms with E-state index in [9.17, 15) is 4.79 Å². The van der Waals surface area contributed by atoms with Crippen LogP contribution in [0.1, 0.15) is 23.5 Å². The molecule has 0 bridgehead atoms. The molecule has 0 aliphatic heterocycles. The number of nitrogens with two attached hydrogens (primary N) is 1. The maximum absolute atomic E-state index is 12.2. The van der Waals surface area contributed by atoms with Gasteiger partial charge in [-0.15, -0.1) is 11.3 Å². The van der Waals surface area contributed by atoms with Gasteiger partial charge in [0.1, 0.15) is 0 Å². The van der Waals surface area contributed by atoms with Crippen molar-refractivity contribution in [1.82, 2.24) is 4.90 Å². The first kappa shape index (κ1) is 12.9. The zero-order chi connectivity index (χ0) is 13.3. The molecule has 1 amide bonds. The van der Waals surface area contributed by atoms with E-state index in [0.717, 1.165) is 27.2 Å². The third kappa shape index (κ3) is 2.64. The van der Waals surface area contributed by atoms with Crippen molar-refractivity contribution >= 4 is 33.0 Å². The Morgan fingerprint density at radius 1 is 1.39 bits per heavy atom. The highest BCUT2D eigenvalue weighted by Gasteiger charge is 2.15. The maximum Gasteiger partial charge on any atom is 0.263 e. The van der Waals surface area contributed by atoms with E-state index < -0.39 is 0 Å². The van der Waals surface area contributed by atoms with Crippen LogP contribution in [0.2, 0.25) is 0 Å². The number of rotatable bonds is 3. The molecule has 0 aliphatic carbocycles. The van der Waals surface area contributed by atoms with E-state index in [0.29, 0.717) is 5.92 Å². The van der Waals surface area contributed by atoms with Gasteiger partial charge in [0.15, 0.2) is 0 Å². The molecule has 2 N–H and O–H groups in total. The lowest BCUT2D eigenvalue weighted by molar-refractivity contribution is 0.0784. The molecule has 0 fully saturated rings. The second kappa shape index (κ2) is 4.98. The molecule has 2 aromatic rings. The number of amides is 1. The molecule has 0 spiro atoms. The van der Waals surface area contributed by atoms with E-state index in [1.54, 1.807) is 4.90 Å². The average Bonchev–Trinajstić information content (AvgIpc) is 2.69. The van der Waals surface area contributed by atoms with Gasteiger partial charge in [0.25, 0.3) is 5.91 Å². The highest BCUT2D eigenvalue weighted by atomic mass is 32.1. The number of nitrogens with zero attached hydrogens (tertiary/aromatic N) is 1. The third-order valence-electron chi connectivity index (χ3n) is 2.74. The van der Waals surface area contributed by atoms with Crippen LogP contribution in [0.4, 0.5) is 5.69 Å². The number of benzene rings is 1. The van der Waals surface area contributed by atoms with E-state index in [1.807, 2.05) is 31.3 Å². The molecule has 0 unspecified atom stereocenters. The fraction of sp³-hybridized carbons (Fsp3) is 0.357. The van der Waals surface area contributed by atoms with Crippen LogP contribution in [0, 0.1) is 5.92 Å². The quantitative estimate of drug-likeness (QED) is 0.863. The fourth-order valence-electron chi connectivity index (χ4n) is 1.99. The molecular weight excluding hydrogens is 244 g/mol. The minimum atomic E-state index is 0.0865. The summed E-state index contributed by atoms with van der Waals surface area (Å²) in [5.41, 5.74) is 6.48. The largest absolute Gasteiger partial charge is 0.399 e. The van der Waals surface area contributed by atoms with Gasteiger partial charge in [0.2, 0.25) is 0 Å². The highest BCUT2D eigenvalue weighted by Crippen LogP contribution is 2.28. The Morgan fingerprint density at radius 3 is 2.78 bits per heavy atom. The Balaban J connectivity index is 2.28. The Hall–Kier alpha value is -1.55. The molecule has 0 saturated heterocycles. The van der Waals surface area contributed by atoms with Crippen LogP contribution in [-0.4, -0.2) is 24.4 Å². The number of nitrogen functional groups attached to an aromatic ring is 1. The van der Waals surface area contributed by atoms with E-state index in [-0.39, 0.29) is 5.91 Å². The summed E-state index contributed by atoms with van der Waals surface area (Å²) >= 11 is 1.52. The second-order valence-corrected chi connectivity index (χ2v) is 6.07. The molecule has 96 valence electrons. The first-order valence-corrected chi connectivity index (χ1v) is 6.83. The number of fused-ring (bicyclic) bond motifs is 1. The van der Waals surface area contributed by atoms with Crippen molar-refractivity contribution < 1.29 is 4.79 Å². The molecular formula is C14H18N2OS. The van der Waals surface area contributed by atoms with Gasteiger partial charge in [-0.25, -0.2) is 0 Å². The molecule has 1 aromatic carbocycles. The van der Waals surface area contributed by atoms with E-state index in [4.69, 9.17) is 5.73 Å². The summed E-state index contributed by atoms with van der Waals surface area (Å²) in [7, 11) is 1.85. The predicted octanol–water partition coefficient (Wildman–Crippen LogP) is 3.21. The van der Waals surface area contributed by atoms with Crippen molar-refractivity contribution in [2.45, 2.75) is 13.8 Å². The lowest BCUT2D eigenvalue weighted by Gasteiger charge is -2.18. The molecule has 4 heteroatoms. The minimum absolute atomic E-state index is 0.0865. The number of thiophene rings is 1. The Morgan fingerprint density at radius 2 is 2.11 bits per heavy atom. The van der Waals surface area contributed by atoms with Crippen LogP contribution >= 0.6 is 11.3 Å². The Kier molecular flexibility index (Phi) is 3.57. The van der Waals surface area contributed by atoms with Gasteiger partial charge in [0, 0.05) is 24.0 Å². The standard InChI is InChI=1S/C14H18N2OS/c1-9(2)8-16(3)14(17)13-7-10-6-11(15)4-5-12(10)18-13/h4-7,9H,8,15H2,1-3H3. The summed E-state index contributed by atoms with van der Waals surface area (Å²) in [6.45, 7) is 4.99. The van der Waals surface area contributed by atoms with Crippen molar-refractivity contribution in [2.75, 3.05) is 19.3 Å². The lowest BCUT2D eigenvalue weighted by Crippen LogP contribution is -2.29. The van der Waals surface area contributed by atoms with Crippen LogP contribution in [0.3, 0.4) is 0 Å². The van der Waals surface area contributed by atoms with Gasteiger partial charge in [-0.3, -0.25) is 4.79 Å². The number of hydrogen-bond donors (Lipinski definition) is 1. The van der Waals surface area contributed by atoms with Crippen LogP contribution < -0.4 is 5.73 Å². The van der Waals surface area contributed by atoms with Crippen LogP contribution in [0.5, 0.6) is 0 Å². The molecule has 1 aromatic heterocycles. The fourth-order valence-corrected chi connectivity index (χ4v) is 3.02. The topological polar surface area (TPSA) is 46.3 Å². The molecule has 0 radical (unpaired) electrons. The number of carbonyl (C=O) groups excluding carboxylic acids is 1. The zero-order valence-electron chi connectivity index (χ0n) is 10.9. The minimum Gasteiger partial charge on any atom is -0.399 e. The molecule has 0 atom stereocenters. The molecule has 3 nitrogen and oxygen atoms in total. The molecule has 0 aliphatic rings. The molecule has 0 saturated carbocycles. The summed E-state index contributed by atoms with van der Waals surface area (Å²) in [5.74, 6) is 0.562. The summed E-state index contributed by atoms with van der Waals surface area (Å²) in [4.78, 5) is 14.8. The van der Waals surface area contributed by atoms with Gasteiger partial charge in [-0.05, 0) is 35.6 Å². The van der Waals surface area contributed by atoms with Crippen molar-refractivity contribution in [3.8, 4) is 0 Å². The van der Waals surface area contributed by atoms with Crippen molar-refractivity contribution in [1.29, 1.82) is 0 Å². The van der Waals surface area contributed by atoms with Gasteiger partial charge in [-0.2, -0.15) is 0 Å². The average molecular weight is 262 g/mol. The maximum atomic E-state index is 12.2. The smallest absolute Gasteiger partial charge is 0.263 e. The number of anilines is 1. The summed E-state index contributed by atoms with van der Waals surface area (Å²) in [6.07, 6.45) is 0. The Labute approximate surface area is 111 Å². The molecule has 2 rings (SSSR count).